The summed E-state index contributed by atoms with van der Waals surface area (Å²) in [6.45, 7) is 0. The summed E-state index contributed by atoms with van der Waals surface area (Å²) in [7, 11) is 0. The largest absolute Gasteiger partial charge is 0.243 e. The molecule has 0 atom stereocenters. The number of nitrogens with zero attached hydrogens (tertiary/aromatic N) is 8. The monoisotopic (exact) mass is 616 g/mol. The van der Waals surface area contributed by atoms with Gasteiger partial charge < -0.3 is 0 Å². The van der Waals surface area contributed by atoms with E-state index in [0.717, 1.165) is 32.7 Å². The van der Waals surface area contributed by atoms with Crippen molar-refractivity contribution >= 4 is 66.2 Å². The zero-order valence-corrected chi connectivity index (χ0v) is 25.4. The Bertz CT molecular complexity index is 2450. The van der Waals surface area contributed by atoms with E-state index in [1.165, 1.54) is 0 Å². The lowest BCUT2D eigenvalue weighted by Crippen LogP contribution is -1.95. The summed E-state index contributed by atoms with van der Waals surface area (Å²) in [5, 5.41) is 3.73. The summed E-state index contributed by atoms with van der Waals surface area (Å²) in [6.07, 6.45) is 0. The van der Waals surface area contributed by atoms with E-state index in [4.69, 9.17) is 39.9 Å². The third kappa shape index (κ3) is 5.17. The second-order valence-corrected chi connectivity index (χ2v) is 11.3. The molecule has 0 aliphatic carbocycles. The molecular formula is C40H24N8. The van der Waals surface area contributed by atoms with E-state index in [-0.39, 0.29) is 0 Å². The van der Waals surface area contributed by atoms with E-state index in [2.05, 4.69) is 24.3 Å². The standard InChI is InChI=1S/C40H24N8/c1-3-11-25(12-4-1)35-43-37-29-17-7-15-27(23-29)28-16-8-18-30(24-28)38-44-36(26-13-5-2-6-14-26)46-40(48-38)34-22-10-20-32(42-34)31-19-9-21-33(41-31)39(45-35)47-37/h1-24H. The van der Waals surface area contributed by atoms with Crippen LogP contribution in [0, 0.1) is 0 Å². The maximum atomic E-state index is 5.00. The molecular weight excluding hydrogens is 592 g/mol. The maximum Gasteiger partial charge on any atom is 0.182 e. The van der Waals surface area contributed by atoms with Crippen LogP contribution in [0.25, 0.3) is 89.0 Å². The summed E-state index contributed by atoms with van der Waals surface area (Å²) in [5.41, 5.74) is 6.40. The van der Waals surface area contributed by atoms with Gasteiger partial charge in [-0.1, -0.05) is 109 Å². The molecule has 8 heteroatoms. The number of benzene rings is 4. The van der Waals surface area contributed by atoms with Crippen LogP contribution in [0.15, 0.2) is 146 Å². The number of aromatic nitrogens is 8. The van der Waals surface area contributed by atoms with Crippen molar-refractivity contribution in [3.8, 4) is 22.8 Å². The Balaban J connectivity index is 1.47. The number of rotatable bonds is 2. The van der Waals surface area contributed by atoms with Crippen LogP contribution in [-0.4, -0.2) is 39.9 Å². The van der Waals surface area contributed by atoms with Crippen LogP contribution in [0.4, 0.5) is 0 Å². The first-order valence-corrected chi connectivity index (χ1v) is 15.5. The van der Waals surface area contributed by atoms with Gasteiger partial charge in [-0.05, 0) is 47.2 Å². The minimum atomic E-state index is 0.472. The summed E-state index contributed by atoms with van der Waals surface area (Å²) in [4.78, 5) is 39.6. The highest BCUT2D eigenvalue weighted by Crippen LogP contribution is 2.24. The molecule has 0 radical (unpaired) electrons. The molecule has 0 spiro atoms. The van der Waals surface area contributed by atoms with E-state index in [1.807, 2.05) is 121 Å². The number of pyridine rings is 2. The van der Waals surface area contributed by atoms with Gasteiger partial charge in [0.1, 0.15) is 11.0 Å². The van der Waals surface area contributed by atoms with Crippen LogP contribution in [-0.2, 0) is 0 Å². The fourth-order valence-corrected chi connectivity index (χ4v) is 5.75. The molecule has 48 heavy (non-hydrogen) atoms. The van der Waals surface area contributed by atoms with Crippen LogP contribution >= 0.6 is 0 Å². The van der Waals surface area contributed by atoms with Crippen molar-refractivity contribution in [2.45, 2.75) is 0 Å². The van der Waals surface area contributed by atoms with Crippen molar-refractivity contribution in [2.24, 2.45) is 0 Å². The van der Waals surface area contributed by atoms with Gasteiger partial charge in [0.15, 0.2) is 34.2 Å². The highest BCUT2D eigenvalue weighted by Gasteiger charge is 2.09. The van der Waals surface area contributed by atoms with Gasteiger partial charge in [-0.15, -0.1) is 0 Å². The van der Waals surface area contributed by atoms with Crippen LogP contribution in [0.1, 0.15) is 0 Å². The van der Waals surface area contributed by atoms with Crippen molar-refractivity contribution in [3.63, 3.8) is 0 Å². The van der Waals surface area contributed by atoms with E-state index < -0.39 is 0 Å². The summed E-state index contributed by atoms with van der Waals surface area (Å²) in [6, 6.07) is 47.8. The highest BCUT2D eigenvalue weighted by molar-refractivity contribution is 5.94. The molecule has 0 saturated carbocycles. The third-order valence-electron chi connectivity index (χ3n) is 8.13. The Morgan fingerprint density at radius 1 is 0.250 bits per heavy atom. The zero-order valence-electron chi connectivity index (χ0n) is 25.4. The van der Waals surface area contributed by atoms with Crippen LogP contribution in [0.2, 0.25) is 0 Å². The summed E-state index contributed by atoms with van der Waals surface area (Å²) >= 11 is 0. The Labute approximate surface area is 273 Å². The Hall–Kier alpha value is -6.80. The fraction of sp³-hybridized carbons (Fsp3) is 0. The number of fused-ring (bicyclic) bond motifs is 18. The molecule has 0 N–H and O–H groups in total. The molecule has 0 aliphatic rings. The van der Waals surface area contributed by atoms with E-state index in [0.29, 0.717) is 56.3 Å². The molecule has 4 aromatic carbocycles. The average molecular weight is 617 g/mol. The van der Waals surface area contributed by atoms with Gasteiger partial charge in [-0.3, -0.25) is 0 Å². The topological polar surface area (TPSA) is 103 Å². The average Bonchev–Trinajstić information content (AvgIpc) is 3.18. The molecule has 0 saturated heterocycles. The third-order valence-corrected chi connectivity index (χ3v) is 8.13. The predicted molar refractivity (Wildman–Crippen MR) is 191 cm³/mol. The first-order chi connectivity index (χ1) is 23.7. The first kappa shape index (κ1) is 27.5. The van der Waals surface area contributed by atoms with Crippen LogP contribution in [0.5, 0.6) is 0 Å². The molecule has 0 unspecified atom stereocenters. The second kappa shape index (κ2) is 11.5. The second-order valence-electron chi connectivity index (χ2n) is 11.3. The SMILES string of the molecule is c1ccc(-c2nc3nc(n2)c2cccc(n2)c2cccc(n2)c2nc(-c4ccccc4)nc(n2)c2cccc(c2)c2cccc3c2)cc1. The molecule has 9 aromatic rings. The molecule has 5 heterocycles. The molecule has 8 nitrogen and oxygen atoms in total. The first-order valence-electron chi connectivity index (χ1n) is 15.5. The highest BCUT2D eigenvalue weighted by atomic mass is 15.0. The normalized spacial score (nSPS) is 11.3. The van der Waals surface area contributed by atoms with E-state index in [1.54, 1.807) is 0 Å². The number of hydrogen-bond donors (Lipinski definition) is 0. The van der Waals surface area contributed by atoms with Crippen molar-refractivity contribution < 1.29 is 0 Å². The van der Waals surface area contributed by atoms with Crippen molar-refractivity contribution in [2.75, 3.05) is 0 Å². The molecule has 0 aliphatic heterocycles. The fourth-order valence-electron chi connectivity index (χ4n) is 5.75. The van der Waals surface area contributed by atoms with Crippen molar-refractivity contribution in [3.05, 3.63) is 146 Å². The van der Waals surface area contributed by atoms with Crippen LogP contribution < -0.4 is 0 Å². The van der Waals surface area contributed by atoms with Crippen molar-refractivity contribution in [1.29, 1.82) is 0 Å². The molecule has 9 rings (SSSR count). The van der Waals surface area contributed by atoms with Gasteiger partial charge in [0.05, 0.1) is 11.0 Å². The molecule has 5 aromatic heterocycles. The van der Waals surface area contributed by atoms with Crippen molar-refractivity contribution in [1.82, 2.24) is 39.9 Å². The maximum absolute atomic E-state index is 5.00. The van der Waals surface area contributed by atoms with Gasteiger partial charge >= 0.3 is 0 Å². The summed E-state index contributed by atoms with van der Waals surface area (Å²) < 4.78 is 0. The molecule has 224 valence electrons. The number of hydrogen-bond acceptors (Lipinski definition) is 8. The molecule has 12 bridgehead atoms. The molecule has 0 fully saturated rings. The Morgan fingerprint density at radius 3 is 1.08 bits per heavy atom. The van der Waals surface area contributed by atoms with E-state index >= 15 is 0 Å². The lowest BCUT2D eigenvalue weighted by molar-refractivity contribution is 1.17. The zero-order chi connectivity index (χ0) is 31.9. The Kier molecular flexibility index (Phi) is 6.61. The molecule has 0 amide bonds. The van der Waals surface area contributed by atoms with E-state index in [9.17, 15) is 0 Å². The predicted octanol–water partition coefficient (Wildman–Crippen LogP) is 8.79. The lowest BCUT2D eigenvalue weighted by atomic mass is 10.1. The smallest absolute Gasteiger partial charge is 0.182 e. The summed E-state index contributed by atoms with van der Waals surface area (Å²) in [5.74, 6) is 1.14. The minimum absolute atomic E-state index is 0.472. The van der Waals surface area contributed by atoms with Crippen LogP contribution in [0.3, 0.4) is 0 Å². The van der Waals surface area contributed by atoms with Gasteiger partial charge in [-0.25, -0.2) is 39.9 Å². The van der Waals surface area contributed by atoms with Gasteiger partial charge in [0.2, 0.25) is 0 Å². The van der Waals surface area contributed by atoms with Gasteiger partial charge in [0, 0.05) is 21.9 Å². The Morgan fingerprint density at radius 2 is 0.625 bits per heavy atom. The van der Waals surface area contributed by atoms with Gasteiger partial charge in [0.25, 0.3) is 0 Å². The lowest BCUT2D eigenvalue weighted by Gasteiger charge is -2.04. The minimum Gasteiger partial charge on any atom is -0.243 e. The van der Waals surface area contributed by atoms with Gasteiger partial charge in [-0.2, -0.15) is 0 Å². The quantitative estimate of drug-likeness (QED) is 0.190.